The average Bonchev–Trinajstić information content (AvgIpc) is 3.22. The third-order valence-electron chi connectivity index (χ3n) is 3.51. The number of thioether (sulfide) groups is 1. The van der Waals surface area contributed by atoms with E-state index < -0.39 is 5.54 Å². The molecule has 5 heteroatoms. The van der Waals surface area contributed by atoms with E-state index in [-0.39, 0.29) is 12.6 Å². The van der Waals surface area contributed by atoms with Crippen molar-refractivity contribution in [1.82, 2.24) is 5.32 Å². The first-order chi connectivity index (χ1) is 9.51. The zero-order valence-corrected chi connectivity index (χ0v) is 13.8. The van der Waals surface area contributed by atoms with Crippen LogP contribution in [0.15, 0.2) is 0 Å². The summed E-state index contributed by atoms with van der Waals surface area (Å²) in [6.07, 6.45) is 4.12. The predicted octanol–water partition coefficient (Wildman–Crippen LogP) is 2.20. The third-order valence-corrected chi connectivity index (χ3v) is 4.89. The van der Waals surface area contributed by atoms with Crippen LogP contribution in [-0.2, 0) is 9.53 Å². The molecule has 0 saturated heterocycles. The molecular formula is C15H29NO3S. The van der Waals surface area contributed by atoms with Crippen molar-refractivity contribution in [1.29, 1.82) is 0 Å². The fraction of sp³-hybridized carbons (Fsp3) is 0.933. The first kappa shape index (κ1) is 17.8. The molecule has 1 fully saturated rings. The maximum absolute atomic E-state index is 12.1. The number of hydrogen-bond acceptors (Lipinski definition) is 5. The number of hydrogen-bond donors (Lipinski definition) is 2. The molecule has 0 aromatic rings. The van der Waals surface area contributed by atoms with Crippen LogP contribution in [0.1, 0.15) is 46.5 Å². The standard InChI is InChI=1S/C15H29NO3S/c1-4-19-14(18)15(3,16-13-6-7-13)8-5-9-20-11-12(2)10-17/h12-13,16-17H,4-11H2,1-3H3. The number of esters is 1. The van der Waals surface area contributed by atoms with Crippen LogP contribution in [0.3, 0.4) is 0 Å². The lowest BCUT2D eigenvalue weighted by Crippen LogP contribution is -2.51. The molecule has 0 aromatic heterocycles. The quantitative estimate of drug-likeness (QED) is 0.453. The Hall–Kier alpha value is -0.260. The van der Waals surface area contributed by atoms with Gasteiger partial charge in [0.05, 0.1) is 6.61 Å². The molecule has 0 amide bonds. The molecule has 4 nitrogen and oxygen atoms in total. The average molecular weight is 303 g/mol. The van der Waals surface area contributed by atoms with Crippen LogP contribution in [0.5, 0.6) is 0 Å². The van der Waals surface area contributed by atoms with E-state index in [1.807, 2.05) is 32.5 Å². The zero-order chi connectivity index (χ0) is 15.0. The Kier molecular flexibility index (Phi) is 7.92. The van der Waals surface area contributed by atoms with E-state index >= 15 is 0 Å². The van der Waals surface area contributed by atoms with E-state index in [1.54, 1.807) is 0 Å². The van der Waals surface area contributed by atoms with Crippen molar-refractivity contribution in [2.75, 3.05) is 24.7 Å². The Balaban J connectivity index is 2.30. The van der Waals surface area contributed by atoms with Crippen LogP contribution in [0.25, 0.3) is 0 Å². The summed E-state index contributed by atoms with van der Waals surface area (Å²) in [6, 6.07) is 0.492. The van der Waals surface area contributed by atoms with Crippen LogP contribution in [0, 0.1) is 5.92 Å². The highest BCUT2D eigenvalue weighted by Gasteiger charge is 2.39. The van der Waals surface area contributed by atoms with E-state index in [1.165, 1.54) is 0 Å². The van der Waals surface area contributed by atoms with Crippen molar-refractivity contribution in [3.8, 4) is 0 Å². The van der Waals surface area contributed by atoms with E-state index in [2.05, 4.69) is 5.32 Å². The molecule has 0 aliphatic heterocycles. The van der Waals surface area contributed by atoms with Crippen molar-refractivity contribution >= 4 is 17.7 Å². The van der Waals surface area contributed by atoms with E-state index in [0.717, 1.165) is 37.2 Å². The molecule has 2 N–H and O–H groups in total. The number of aliphatic hydroxyl groups excluding tert-OH is 1. The molecule has 1 aliphatic carbocycles. The van der Waals surface area contributed by atoms with Crippen molar-refractivity contribution in [3.05, 3.63) is 0 Å². The topological polar surface area (TPSA) is 58.6 Å². The van der Waals surface area contributed by atoms with Gasteiger partial charge in [0.1, 0.15) is 5.54 Å². The second-order valence-electron chi connectivity index (χ2n) is 5.94. The molecule has 1 rings (SSSR count). The first-order valence-electron chi connectivity index (χ1n) is 7.65. The van der Waals surface area contributed by atoms with Crippen LogP contribution < -0.4 is 5.32 Å². The van der Waals surface area contributed by atoms with Crippen LogP contribution in [0.2, 0.25) is 0 Å². The summed E-state index contributed by atoms with van der Waals surface area (Å²) in [5, 5.41) is 12.4. The van der Waals surface area contributed by atoms with E-state index in [9.17, 15) is 4.79 Å². The fourth-order valence-electron chi connectivity index (χ4n) is 2.07. The van der Waals surface area contributed by atoms with Crippen molar-refractivity contribution in [2.24, 2.45) is 5.92 Å². The molecule has 0 bridgehead atoms. The summed E-state index contributed by atoms with van der Waals surface area (Å²) in [4.78, 5) is 12.1. The molecule has 20 heavy (non-hydrogen) atoms. The molecule has 2 atom stereocenters. The molecule has 0 spiro atoms. The number of rotatable bonds is 11. The van der Waals surface area contributed by atoms with Crippen molar-refractivity contribution in [2.45, 2.75) is 58.0 Å². The van der Waals surface area contributed by atoms with Gasteiger partial charge >= 0.3 is 5.97 Å². The van der Waals surface area contributed by atoms with Gasteiger partial charge in [-0.15, -0.1) is 0 Å². The number of carbonyl (C=O) groups is 1. The van der Waals surface area contributed by atoms with Gasteiger partial charge in [-0.1, -0.05) is 6.92 Å². The maximum Gasteiger partial charge on any atom is 0.326 e. The molecule has 1 saturated carbocycles. The van der Waals surface area contributed by atoms with Gasteiger partial charge in [0, 0.05) is 12.6 Å². The minimum atomic E-state index is -0.541. The minimum Gasteiger partial charge on any atom is -0.465 e. The van der Waals surface area contributed by atoms with Gasteiger partial charge in [-0.25, -0.2) is 0 Å². The first-order valence-corrected chi connectivity index (χ1v) is 8.80. The normalized spacial score (nSPS) is 19.4. The predicted molar refractivity (Wildman–Crippen MR) is 84.0 cm³/mol. The van der Waals surface area contributed by atoms with Crippen LogP contribution in [-0.4, -0.2) is 47.4 Å². The molecule has 0 radical (unpaired) electrons. The Morgan fingerprint density at radius 2 is 2.25 bits per heavy atom. The van der Waals surface area contributed by atoms with Gasteiger partial charge in [-0.05, 0) is 57.0 Å². The smallest absolute Gasteiger partial charge is 0.326 e. The van der Waals surface area contributed by atoms with Gasteiger partial charge in [0.15, 0.2) is 0 Å². The van der Waals surface area contributed by atoms with Gasteiger partial charge in [-0.3, -0.25) is 10.1 Å². The minimum absolute atomic E-state index is 0.124. The Morgan fingerprint density at radius 3 is 2.80 bits per heavy atom. The van der Waals surface area contributed by atoms with Gasteiger partial charge < -0.3 is 9.84 Å². The second-order valence-corrected chi connectivity index (χ2v) is 7.09. The Bertz CT molecular complexity index is 297. The highest BCUT2D eigenvalue weighted by Crippen LogP contribution is 2.26. The third kappa shape index (κ3) is 6.46. The summed E-state index contributed by atoms with van der Waals surface area (Å²) in [5.41, 5.74) is -0.541. The summed E-state index contributed by atoms with van der Waals surface area (Å²) in [5.74, 6) is 2.22. The summed E-state index contributed by atoms with van der Waals surface area (Å²) < 4.78 is 5.21. The lowest BCUT2D eigenvalue weighted by molar-refractivity contribution is -0.151. The molecule has 0 aromatic carbocycles. The molecular weight excluding hydrogens is 274 g/mol. The molecule has 0 heterocycles. The number of nitrogens with one attached hydrogen (secondary N) is 1. The van der Waals surface area contributed by atoms with Gasteiger partial charge in [0.2, 0.25) is 0 Å². The number of carbonyl (C=O) groups excluding carboxylic acids is 1. The van der Waals surface area contributed by atoms with Crippen LogP contribution >= 0.6 is 11.8 Å². The van der Waals surface area contributed by atoms with E-state index in [4.69, 9.17) is 9.84 Å². The molecule has 118 valence electrons. The van der Waals surface area contributed by atoms with E-state index in [0.29, 0.717) is 18.6 Å². The maximum atomic E-state index is 12.1. The second kappa shape index (κ2) is 8.90. The molecule has 1 aliphatic rings. The van der Waals surface area contributed by atoms with Gasteiger partial charge in [-0.2, -0.15) is 11.8 Å². The van der Waals surface area contributed by atoms with Crippen LogP contribution in [0.4, 0.5) is 0 Å². The number of ether oxygens (including phenoxy) is 1. The summed E-state index contributed by atoms with van der Waals surface area (Å²) in [6.45, 7) is 6.54. The zero-order valence-electron chi connectivity index (χ0n) is 13.0. The lowest BCUT2D eigenvalue weighted by atomic mass is 9.96. The van der Waals surface area contributed by atoms with Crippen molar-refractivity contribution in [3.63, 3.8) is 0 Å². The monoisotopic (exact) mass is 303 g/mol. The summed E-state index contributed by atoms with van der Waals surface area (Å²) in [7, 11) is 0. The number of aliphatic hydroxyl groups is 1. The largest absolute Gasteiger partial charge is 0.465 e. The highest BCUT2D eigenvalue weighted by atomic mass is 32.2. The Labute approximate surface area is 127 Å². The fourth-order valence-corrected chi connectivity index (χ4v) is 3.09. The Morgan fingerprint density at radius 1 is 1.55 bits per heavy atom. The molecule has 2 unspecified atom stereocenters. The SMILES string of the molecule is CCOC(=O)C(C)(CCCSCC(C)CO)NC1CC1. The lowest BCUT2D eigenvalue weighted by Gasteiger charge is -2.28. The summed E-state index contributed by atoms with van der Waals surface area (Å²) >= 11 is 1.85. The van der Waals surface area contributed by atoms with Crippen molar-refractivity contribution < 1.29 is 14.6 Å². The van der Waals surface area contributed by atoms with Gasteiger partial charge in [0.25, 0.3) is 0 Å². The highest BCUT2D eigenvalue weighted by molar-refractivity contribution is 7.99.